The maximum atomic E-state index is 13.1. The SMILES string of the molecule is CCCCCCc1ccc(C(=O)N[C@H](CO)C(=O)N[C@H](N)C(=O)NCC(=O)N(C)[C@H](C(=O)N[C@@H](N)C(=O)N[C@@H](CC(C)C)C(=O)NCB(O)O)C(C)O)cc1. The van der Waals surface area contributed by atoms with E-state index in [-0.39, 0.29) is 17.9 Å². The van der Waals surface area contributed by atoms with Gasteiger partial charge in [0, 0.05) is 12.6 Å². The van der Waals surface area contributed by atoms with E-state index in [4.69, 9.17) is 21.5 Å². The van der Waals surface area contributed by atoms with Crippen molar-refractivity contribution in [2.24, 2.45) is 17.4 Å². The average Bonchev–Trinajstić information content (AvgIpc) is 3.12. The van der Waals surface area contributed by atoms with Crippen LogP contribution in [0.2, 0.25) is 0 Å². The number of amides is 7. The minimum atomic E-state index is -1.83. The van der Waals surface area contributed by atoms with E-state index in [1.54, 1.807) is 26.0 Å². The number of unbranched alkanes of at least 4 members (excludes halogenated alkanes) is 3. The van der Waals surface area contributed by atoms with Crippen LogP contribution in [0.5, 0.6) is 0 Å². The Kier molecular flexibility index (Phi) is 21.7. The number of aliphatic hydroxyl groups excluding tert-OH is 2. The van der Waals surface area contributed by atoms with E-state index < -0.39 is 105 Å². The van der Waals surface area contributed by atoms with Crippen LogP contribution in [-0.2, 0) is 35.2 Å². The van der Waals surface area contributed by atoms with Crippen LogP contribution < -0.4 is 43.4 Å². The Morgan fingerprint density at radius 3 is 1.91 bits per heavy atom. The van der Waals surface area contributed by atoms with Gasteiger partial charge in [-0.3, -0.25) is 33.6 Å². The molecular weight excluding hydrogens is 721 g/mol. The van der Waals surface area contributed by atoms with Gasteiger partial charge in [0.05, 0.1) is 25.7 Å². The average molecular weight is 780 g/mol. The summed E-state index contributed by atoms with van der Waals surface area (Å²) in [5.74, 6) is -6.45. The molecule has 1 aromatic carbocycles. The summed E-state index contributed by atoms with van der Waals surface area (Å²) in [7, 11) is -0.694. The predicted octanol–water partition coefficient (Wildman–Crippen LogP) is -4.31. The van der Waals surface area contributed by atoms with Crippen molar-refractivity contribution >= 4 is 48.5 Å². The zero-order chi connectivity index (χ0) is 41.8. The summed E-state index contributed by atoms with van der Waals surface area (Å²) in [6, 6.07) is 2.58. The number of hydrogen-bond donors (Lipinski definition) is 12. The van der Waals surface area contributed by atoms with Gasteiger partial charge in [0.2, 0.25) is 23.6 Å². The Morgan fingerprint density at radius 2 is 1.36 bits per heavy atom. The van der Waals surface area contributed by atoms with E-state index in [0.29, 0.717) is 0 Å². The van der Waals surface area contributed by atoms with Gasteiger partial charge in [-0.25, -0.2) is 0 Å². The van der Waals surface area contributed by atoms with Gasteiger partial charge in [-0.05, 0) is 49.8 Å². The first kappa shape index (κ1) is 48.4. The molecule has 0 heterocycles. The molecule has 1 rings (SSSR count). The van der Waals surface area contributed by atoms with E-state index in [2.05, 4.69) is 38.8 Å². The number of nitrogens with zero attached hydrogens (tertiary/aromatic N) is 1. The highest BCUT2D eigenvalue weighted by molar-refractivity contribution is 6.41. The lowest BCUT2D eigenvalue weighted by Gasteiger charge is -2.30. The molecule has 308 valence electrons. The highest BCUT2D eigenvalue weighted by Crippen LogP contribution is 2.11. The molecule has 21 heteroatoms. The highest BCUT2D eigenvalue weighted by Gasteiger charge is 2.34. The summed E-state index contributed by atoms with van der Waals surface area (Å²) in [6.45, 7) is 5.27. The molecule has 0 aliphatic heterocycles. The molecule has 6 atom stereocenters. The van der Waals surface area contributed by atoms with Crippen LogP contribution in [0.3, 0.4) is 0 Å². The van der Waals surface area contributed by atoms with E-state index in [1.807, 2.05) is 12.1 Å². The molecule has 0 fully saturated rings. The Morgan fingerprint density at radius 1 is 0.764 bits per heavy atom. The van der Waals surface area contributed by atoms with Crippen LogP contribution in [0, 0.1) is 5.92 Å². The first-order valence-corrected chi connectivity index (χ1v) is 18.1. The molecule has 0 radical (unpaired) electrons. The number of carbonyl (C=O) groups is 7. The molecular formula is C34H58BN9O11. The van der Waals surface area contributed by atoms with Gasteiger partial charge >= 0.3 is 7.12 Å². The smallest absolute Gasteiger partial charge is 0.426 e. The molecule has 55 heavy (non-hydrogen) atoms. The van der Waals surface area contributed by atoms with Crippen molar-refractivity contribution in [3.05, 3.63) is 35.4 Å². The van der Waals surface area contributed by atoms with Gasteiger partial charge in [0.15, 0.2) is 12.3 Å². The third kappa shape index (κ3) is 17.6. The molecule has 0 spiro atoms. The monoisotopic (exact) mass is 779 g/mol. The molecule has 0 aliphatic rings. The number of benzene rings is 1. The molecule has 0 bridgehead atoms. The van der Waals surface area contributed by atoms with Crippen molar-refractivity contribution in [3.63, 3.8) is 0 Å². The minimum Gasteiger partial charge on any atom is -0.426 e. The van der Waals surface area contributed by atoms with Crippen molar-refractivity contribution in [2.75, 3.05) is 26.6 Å². The van der Waals surface area contributed by atoms with Crippen LogP contribution >= 0.6 is 0 Å². The van der Waals surface area contributed by atoms with Gasteiger partial charge in [-0.15, -0.1) is 0 Å². The van der Waals surface area contributed by atoms with Crippen LogP contribution in [0.1, 0.15) is 75.7 Å². The molecule has 1 unspecified atom stereocenters. The lowest BCUT2D eigenvalue weighted by molar-refractivity contribution is -0.144. The maximum Gasteiger partial charge on any atom is 0.472 e. The summed E-state index contributed by atoms with van der Waals surface area (Å²) >= 11 is 0. The number of rotatable bonds is 24. The fourth-order valence-electron chi connectivity index (χ4n) is 5.19. The molecule has 0 aliphatic carbocycles. The molecule has 20 nitrogen and oxygen atoms in total. The number of aliphatic hydroxyl groups is 2. The van der Waals surface area contributed by atoms with Crippen LogP contribution in [0.15, 0.2) is 24.3 Å². The fraction of sp³-hybridized carbons (Fsp3) is 0.618. The lowest BCUT2D eigenvalue weighted by Crippen LogP contribution is -2.62. The van der Waals surface area contributed by atoms with Crippen molar-refractivity contribution in [1.82, 2.24) is 36.8 Å². The summed E-state index contributed by atoms with van der Waals surface area (Å²) in [5, 5.41) is 51.6. The molecule has 0 saturated carbocycles. The van der Waals surface area contributed by atoms with Crippen molar-refractivity contribution in [2.45, 2.75) is 103 Å². The van der Waals surface area contributed by atoms with Gasteiger partial charge < -0.3 is 68.5 Å². The highest BCUT2D eigenvalue weighted by atomic mass is 16.4. The van der Waals surface area contributed by atoms with Gasteiger partial charge in [-0.2, -0.15) is 0 Å². The molecule has 0 saturated heterocycles. The predicted molar refractivity (Wildman–Crippen MR) is 201 cm³/mol. The number of likely N-dealkylation sites (N-methyl/N-ethyl adjacent to an activating group) is 1. The topological polar surface area (TPSA) is 328 Å². The van der Waals surface area contributed by atoms with E-state index in [9.17, 15) is 43.8 Å². The zero-order valence-corrected chi connectivity index (χ0v) is 32.0. The fourth-order valence-corrected chi connectivity index (χ4v) is 5.19. The van der Waals surface area contributed by atoms with E-state index in [1.165, 1.54) is 6.92 Å². The van der Waals surface area contributed by atoms with Gasteiger partial charge in [-0.1, -0.05) is 52.2 Å². The van der Waals surface area contributed by atoms with Gasteiger partial charge in [0.1, 0.15) is 18.1 Å². The van der Waals surface area contributed by atoms with Crippen LogP contribution in [-0.4, -0.2) is 137 Å². The second kappa shape index (κ2) is 24.7. The normalized spacial score (nSPS) is 14.3. The zero-order valence-electron chi connectivity index (χ0n) is 32.0. The van der Waals surface area contributed by atoms with Crippen molar-refractivity contribution in [1.29, 1.82) is 0 Å². The minimum absolute atomic E-state index is 0.0878. The summed E-state index contributed by atoms with van der Waals surface area (Å²) in [4.78, 5) is 90.1. The Labute approximate surface area is 321 Å². The summed E-state index contributed by atoms with van der Waals surface area (Å²) < 4.78 is 0. The molecule has 1 aromatic rings. The standard InChI is InChI=1S/C34H58BN9O11/c1-6-7-8-9-10-21-11-13-22(14-12-21)29(48)41-24(17-45)31(50)42-27(36)33(52)38-16-25(47)44(5)26(20(4)46)32(51)43-28(37)34(53)40-23(15-19(2)3)30(49)39-18-35(54)55/h11-14,19-20,23-24,26-28,45-46,54-55H,6-10,15-18,36-37H2,1-5H3,(H,38,52)(H,39,49)(H,40,53)(H,41,48)(H,42,50)(H,43,51)/t20?,23-,24+,26-,27-,28+/m0/s1. The van der Waals surface area contributed by atoms with E-state index >= 15 is 0 Å². The Hall–Kier alpha value is -4.67. The van der Waals surface area contributed by atoms with Crippen molar-refractivity contribution in [3.8, 4) is 0 Å². The number of carbonyl (C=O) groups excluding carboxylic acids is 7. The summed E-state index contributed by atoms with van der Waals surface area (Å²) in [6.07, 6.45) is -0.0939. The Bertz CT molecular complexity index is 1430. The van der Waals surface area contributed by atoms with E-state index in [0.717, 1.165) is 49.6 Å². The van der Waals surface area contributed by atoms with Crippen molar-refractivity contribution < 1.29 is 53.8 Å². The maximum absolute atomic E-state index is 13.1. The third-order valence-corrected chi connectivity index (χ3v) is 8.25. The van der Waals surface area contributed by atoms with Gasteiger partial charge in [0.25, 0.3) is 17.7 Å². The Balaban J connectivity index is 2.75. The third-order valence-electron chi connectivity index (χ3n) is 8.25. The van der Waals surface area contributed by atoms with Crippen LogP contribution in [0.4, 0.5) is 0 Å². The number of aryl methyl sites for hydroxylation is 1. The lowest BCUT2D eigenvalue weighted by atomic mass is 9.92. The quantitative estimate of drug-likeness (QED) is 0.0269. The first-order chi connectivity index (χ1) is 25.8. The largest absolute Gasteiger partial charge is 0.472 e. The second-order valence-corrected chi connectivity index (χ2v) is 13.5. The number of nitrogens with two attached hydrogens (primary N) is 2. The number of nitrogens with one attached hydrogen (secondary N) is 6. The second-order valence-electron chi connectivity index (χ2n) is 13.5. The molecule has 14 N–H and O–H groups in total. The summed E-state index contributed by atoms with van der Waals surface area (Å²) in [5.41, 5.74) is 12.9. The first-order valence-electron chi connectivity index (χ1n) is 18.1. The molecule has 0 aromatic heterocycles. The van der Waals surface area contributed by atoms with Crippen LogP contribution in [0.25, 0.3) is 0 Å². The number of hydrogen-bond acceptors (Lipinski definition) is 13. The molecule has 7 amide bonds.